The lowest BCUT2D eigenvalue weighted by Crippen LogP contribution is -2.50. The number of aliphatic hydroxyl groups excluding tert-OH is 2. The van der Waals surface area contributed by atoms with Crippen LogP contribution in [-0.4, -0.2) is 106 Å². The molecule has 2 heterocycles. The van der Waals surface area contributed by atoms with Crippen LogP contribution in [0.4, 0.5) is 0 Å². The Morgan fingerprint density at radius 3 is 2.59 bits per heavy atom. The third-order valence-corrected chi connectivity index (χ3v) is 6.03. The van der Waals surface area contributed by atoms with Gasteiger partial charge in [0.1, 0.15) is 18.3 Å². The molecule has 2 rings (SSSR count). The Morgan fingerprint density at radius 1 is 1.21 bits per heavy atom. The molecule has 1 aliphatic rings. The average Bonchev–Trinajstić information content (AvgIpc) is 3.28. The van der Waals surface area contributed by atoms with Gasteiger partial charge in [-0.2, -0.15) is 5.10 Å². The number of aromatic nitrogens is 2. The number of rotatable bonds is 6. The van der Waals surface area contributed by atoms with E-state index < -0.39 is 18.3 Å². The molecule has 1 aliphatic heterocycles. The van der Waals surface area contributed by atoms with Crippen molar-refractivity contribution in [3.8, 4) is 0 Å². The van der Waals surface area contributed by atoms with E-state index >= 15 is 0 Å². The van der Waals surface area contributed by atoms with Crippen molar-refractivity contribution in [1.82, 2.24) is 19.6 Å². The van der Waals surface area contributed by atoms with Gasteiger partial charge in [0.25, 0.3) is 5.91 Å². The van der Waals surface area contributed by atoms with E-state index in [0.717, 1.165) is 6.42 Å². The van der Waals surface area contributed by atoms with Gasteiger partial charge in [-0.25, -0.2) is 0 Å². The van der Waals surface area contributed by atoms with Crippen molar-refractivity contribution in [1.29, 1.82) is 0 Å². The SMILES string of the molecule is CCn1cc(C(=O)N2CCCCOC[C@@H](O)[C@@H](O)[C@H](OCCC(C)C)CN(C(C)=O)CC2)cn1. The van der Waals surface area contributed by atoms with E-state index in [-0.39, 0.29) is 25.0 Å². The van der Waals surface area contributed by atoms with Gasteiger partial charge in [0.15, 0.2) is 0 Å². The first-order valence-corrected chi connectivity index (χ1v) is 12.4. The Kier molecular flexibility index (Phi) is 12.0. The molecule has 1 aromatic rings. The van der Waals surface area contributed by atoms with Crippen molar-refractivity contribution in [3.05, 3.63) is 18.0 Å². The highest BCUT2D eigenvalue weighted by atomic mass is 16.5. The molecule has 3 atom stereocenters. The first-order valence-electron chi connectivity index (χ1n) is 12.4. The standard InChI is InChI=1S/C24H42N4O6/c1-5-28-15-20(14-25-28)24(32)26-9-6-7-12-33-17-21(30)23(31)22(34-13-8-18(2)3)16-27(11-10-26)19(4)29/h14-15,18,21-23,30-31H,5-13,16-17H2,1-4H3/t21-,22-,23-/m1/s1. The number of hydrogen-bond acceptors (Lipinski definition) is 7. The average molecular weight is 483 g/mol. The zero-order chi connectivity index (χ0) is 25.1. The number of hydrogen-bond donors (Lipinski definition) is 2. The summed E-state index contributed by atoms with van der Waals surface area (Å²) in [6.07, 6.45) is 2.43. The third-order valence-electron chi connectivity index (χ3n) is 6.03. The van der Waals surface area contributed by atoms with Crippen LogP contribution >= 0.6 is 0 Å². The topological polar surface area (TPSA) is 117 Å². The Morgan fingerprint density at radius 2 is 1.94 bits per heavy atom. The number of aliphatic hydroxyl groups is 2. The molecule has 194 valence electrons. The molecule has 1 saturated heterocycles. The second-order valence-electron chi connectivity index (χ2n) is 9.27. The molecule has 10 heteroatoms. The Bertz CT molecular complexity index is 756. The van der Waals surface area contributed by atoms with Crippen molar-refractivity contribution in [3.63, 3.8) is 0 Å². The lowest BCUT2D eigenvalue weighted by Gasteiger charge is -2.33. The summed E-state index contributed by atoms with van der Waals surface area (Å²) in [6.45, 7) is 10.3. The summed E-state index contributed by atoms with van der Waals surface area (Å²) in [5.74, 6) is 0.106. The van der Waals surface area contributed by atoms with Gasteiger partial charge in [-0.05, 0) is 32.1 Å². The molecular formula is C24H42N4O6. The molecule has 0 bridgehead atoms. The summed E-state index contributed by atoms with van der Waals surface area (Å²) < 4.78 is 13.2. The molecular weight excluding hydrogens is 440 g/mol. The van der Waals surface area contributed by atoms with Crippen molar-refractivity contribution in [2.24, 2.45) is 5.92 Å². The number of aryl methyl sites for hydroxylation is 1. The number of ether oxygens (including phenoxy) is 2. The van der Waals surface area contributed by atoms with Crippen LogP contribution in [0.15, 0.2) is 12.4 Å². The highest BCUT2D eigenvalue weighted by Gasteiger charge is 2.31. The Balaban J connectivity index is 2.17. The highest BCUT2D eigenvalue weighted by Crippen LogP contribution is 2.13. The minimum Gasteiger partial charge on any atom is -0.388 e. The van der Waals surface area contributed by atoms with Crippen LogP contribution in [0, 0.1) is 5.92 Å². The fourth-order valence-corrected chi connectivity index (χ4v) is 3.75. The van der Waals surface area contributed by atoms with Crippen LogP contribution in [-0.2, 0) is 20.8 Å². The largest absolute Gasteiger partial charge is 0.388 e. The lowest BCUT2D eigenvalue weighted by atomic mass is 10.1. The maximum atomic E-state index is 13.2. The van der Waals surface area contributed by atoms with E-state index in [1.165, 1.54) is 6.92 Å². The van der Waals surface area contributed by atoms with Gasteiger partial charge in [0, 0.05) is 59.1 Å². The quantitative estimate of drug-likeness (QED) is 0.625. The molecule has 34 heavy (non-hydrogen) atoms. The second-order valence-corrected chi connectivity index (χ2v) is 9.27. The van der Waals surface area contributed by atoms with E-state index in [2.05, 4.69) is 18.9 Å². The predicted molar refractivity (Wildman–Crippen MR) is 127 cm³/mol. The number of carbonyl (C=O) groups is 2. The van der Waals surface area contributed by atoms with Gasteiger partial charge in [0.05, 0.1) is 18.4 Å². The number of nitrogens with zero attached hydrogens (tertiary/aromatic N) is 4. The summed E-state index contributed by atoms with van der Waals surface area (Å²) >= 11 is 0. The summed E-state index contributed by atoms with van der Waals surface area (Å²) in [4.78, 5) is 28.9. The molecule has 1 aromatic heterocycles. The predicted octanol–water partition coefficient (Wildman–Crippen LogP) is 1.16. The molecule has 0 aromatic carbocycles. The smallest absolute Gasteiger partial charge is 0.257 e. The van der Waals surface area contributed by atoms with Crippen LogP contribution in [0.25, 0.3) is 0 Å². The van der Waals surface area contributed by atoms with Crippen LogP contribution in [0.3, 0.4) is 0 Å². The van der Waals surface area contributed by atoms with Crippen LogP contribution in [0.1, 0.15) is 57.3 Å². The lowest BCUT2D eigenvalue weighted by molar-refractivity contribution is -0.140. The normalized spacial score (nSPS) is 23.7. The summed E-state index contributed by atoms with van der Waals surface area (Å²) in [6, 6.07) is 0. The minimum atomic E-state index is -1.20. The van der Waals surface area contributed by atoms with Gasteiger partial charge < -0.3 is 29.5 Å². The molecule has 2 N–H and O–H groups in total. The fraction of sp³-hybridized carbons (Fsp3) is 0.792. The zero-order valence-electron chi connectivity index (χ0n) is 21.1. The second kappa shape index (κ2) is 14.4. The summed E-state index contributed by atoms with van der Waals surface area (Å²) in [5.41, 5.74) is 0.516. The van der Waals surface area contributed by atoms with Crippen LogP contribution in [0.5, 0.6) is 0 Å². The molecule has 0 radical (unpaired) electrons. The first kappa shape index (κ1) is 28.2. The molecule has 0 saturated carbocycles. The third kappa shape index (κ3) is 8.98. The van der Waals surface area contributed by atoms with E-state index in [1.807, 2.05) is 6.92 Å². The first-order chi connectivity index (χ1) is 16.2. The molecule has 1 fully saturated rings. The molecule has 0 aliphatic carbocycles. The zero-order valence-corrected chi connectivity index (χ0v) is 21.1. The summed E-state index contributed by atoms with van der Waals surface area (Å²) in [7, 11) is 0. The van der Waals surface area contributed by atoms with Crippen molar-refractivity contribution < 1.29 is 29.3 Å². The number of carbonyl (C=O) groups excluding carboxylic acids is 2. The molecule has 10 nitrogen and oxygen atoms in total. The van der Waals surface area contributed by atoms with Crippen molar-refractivity contribution in [2.75, 3.05) is 46.0 Å². The van der Waals surface area contributed by atoms with E-state index in [9.17, 15) is 19.8 Å². The molecule has 2 amide bonds. The summed E-state index contributed by atoms with van der Waals surface area (Å²) in [5, 5.41) is 25.4. The van der Waals surface area contributed by atoms with Gasteiger partial charge >= 0.3 is 0 Å². The van der Waals surface area contributed by atoms with Gasteiger partial charge in [-0.1, -0.05) is 13.8 Å². The van der Waals surface area contributed by atoms with E-state index in [4.69, 9.17) is 9.47 Å². The highest BCUT2D eigenvalue weighted by molar-refractivity contribution is 5.93. The molecule has 0 spiro atoms. The van der Waals surface area contributed by atoms with Crippen molar-refractivity contribution >= 4 is 11.8 Å². The van der Waals surface area contributed by atoms with Gasteiger partial charge in [-0.15, -0.1) is 0 Å². The Labute approximate surface area is 202 Å². The van der Waals surface area contributed by atoms with Crippen molar-refractivity contribution in [2.45, 2.75) is 71.8 Å². The fourth-order valence-electron chi connectivity index (χ4n) is 3.75. The van der Waals surface area contributed by atoms with Crippen LogP contribution in [0.2, 0.25) is 0 Å². The van der Waals surface area contributed by atoms with E-state index in [0.29, 0.717) is 63.7 Å². The maximum Gasteiger partial charge on any atom is 0.257 e. The maximum absolute atomic E-state index is 13.2. The Hall–Kier alpha value is -2.01. The molecule has 0 unspecified atom stereocenters. The van der Waals surface area contributed by atoms with E-state index in [1.54, 1.807) is 26.9 Å². The minimum absolute atomic E-state index is 0.0237. The van der Waals surface area contributed by atoms with Crippen LogP contribution < -0.4 is 0 Å². The van der Waals surface area contributed by atoms with Gasteiger partial charge in [-0.3, -0.25) is 14.3 Å². The van der Waals surface area contributed by atoms with Gasteiger partial charge in [0.2, 0.25) is 5.91 Å². The number of amides is 2. The monoisotopic (exact) mass is 482 g/mol.